The predicted molar refractivity (Wildman–Crippen MR) is 159 cm³/mol. The van der Waals surface area contributed by atoms with Gasteiger partial charge in [0.15, 0.2) is 6.20 Å². The van der Waals surface area contributed by atoms with E-state index in [0.29, 0.717) is 5.84 Å². The van der Waals surface area contributed by atoms with Crippen LogP contribution in [0.2, 0.25) is 0 Å². The van der Waals surface area contributed by atoms with Gasteiger partial charge in [0.25, 0.3) is 0 Å². The smallest absolute Gasteiger partial charge is 0.204 e. The first-order valence-electron chi connectivity index (χ1n) is 13.6. The van der Waals surface area contributed by atoms with Gasteiger partial charge in [-0.1, -0.05) is 138 Å². The van der Waals surface area contributed by atoms with Crippen molar-refractivity contribution in [3.05, 3.63) is 168 Å². The maximum absolute atomic E-state index is 12.8. The van der Waals surface area contributed by atoms with Crippen LogP contribution in [0.3, 0.4) is 0 Å². The molecule has 0 saturated carbocycles. The minimum Gasteiger partial charge on any atom is -0.204 e. The van der Waals surface area contributed by atoms with Crippen LogP contribution in [0.5, 0.6) is 0 Å². The fraction of sp³-hybridized carbons (Fsp3) is 0.139. The van der Waals surface area contributed by atoms with Crippen molar-refractivity contribution in [3.63, 3.8) is 0 Å². The number of aryl methyl sites for hydroxylation is 1. The summed E-state index contributed by atoms with van der Waals surface area (Å²) in [6.07, 6.45) is 4.67. The predicted octanol–water partition coefficient (Wildman–Crippen LogP) is 8.63. The lowest BCUT2D eigenvalue weighted by Gasteiger charge is -2.44. The van der Waals surface area contributed by atoms with E-state index in [4.69, 9.17) is 4.99 Å². The molecule has 0 fully saturated rings. The van der Waals surface area contributed by atoms with Crippen LogP contribution >= 0.6 is 0 Å². The number of quaternary nitrogens is 1. The van der Waals surface area contributed by atoms with E-state index < -0.39 is 10.2 Å². The van der Waals surface area contributed by atoms with Gasteiger partial charge in [-0.2, -0.15) is 4.99 Å². The van der Waals surface area contributed by atoms with E-state index >= 15 is 0 Å². The molecule has 0 aliphatic carbocycles. The summed E-state index contributed by atoms with van der Waals surface area (Å²) in [5, 5.41) is 15.3. The standard InChI is InChI=1S/C36H33N2O/c1-28-37-35(23-13-14-29-24-25-30-15-11-12-16-31(30)26-29)27-38(28,39)36(32-17-5-2-6-18-32,33-19-7-3-8-20-33)34-21-9-4-10-22-34/h2-12,15-22,24-27,39H,13-14,23H2,1H3/q+1. The molecule has 0 amide bonds. The molecule has 1 aliphatic rings. The average molecular weight is 510 g/mol. The van der Waals surface area contributed by atoms with E-state index in [1.807, 2.05) is 67.7 Å². The Morgan fingerprint density at radius 2 is 1.13 bits per heavy atom. The number of aliphatic imine (C=N–C) groups is 1. The Kier molecular flexibility index (Phi) is 6.70. The van der Waals surface area contributed by atoms with Crippen molar-refractivity contribution in [1.82, 2.24) is 0 Å². The summed E-state index contributed by atoms with van der Waals surface area (Å²) in [4.78, 5) is 4.97. The maximum atomic E-state index is 12.8. The Morgan fingerprint density at radius 3 is 1.69 bits per heavy atom. The molecule has 39 heavy (non-hydrogen) atoms. The molecule has 1 N–H and O–H groups in total. The number of amidine groups is 1. The molecule has 1 atom stereocenters. The highest BCUT2D eigenvalue weighted by Gasteiger charge is 2.59. The third-order valence-corrected chi connectivity index (χ3v) is 7.93. The minimum absolute atomic E-state index is 0.420. The zero-order valence-corrected chi connectivity index (χ0v) is 22.2. The van der Waals surface area contributed by atoms with Gasteiger partial charge in [-0.25, -0.2) is 5.21 Å². The molecule has 0 bridgehead atoms. The monoisotopic (exact) mass is 509 g/mol. The van der Waals surface area contributed by atoms with E-state index in [1.165, 1.54) is 16.3 Å². The first kappa shape index (κ1) is 25.0. The number of rotatable bonds is 8. The third kappa shape index (κ3) is 4.40. The van der Waals surface area contributed by atoms with Crippen molar-refractivity contribution < 1.29 is 9.85 Å². The molecule has 3 nitrogen and oxygen atoms in total. The van der Waals surface area contributed by atoms with Gasteiger partial charge < -0.3 is 0 Å². The Morgan fingerprint density at radius 1 is 0.615 bits per heavy atom. The molecule has 1 heterocycles. The lowest BCUT2D eigenvalue weighted by molar-refractivity contribution is -1.03. The summed E-state index contributed by atoms with van der Waals surface area (Å²) >= 11 is 0. The summed E-state index contributed by atoms with van der Waals surface area (Å²) in [6.45, 7) is 1.94. The van der Waals surface area contributed by atoms with Crippen molar-refractivity contribution in [2.75, 3.05) is 0 Å². The fourth-order valence-corrected chi connectivity index (χ4v) is 6.08. The molecule has 192 valence electrons. The summed E-state index contributed by atoms with van der Waals surface area (Å²) < 4.78 is -0.420. The number of hydrogen-bond acceptors (Lipinski definition) is 2. The van der Waals surface area contributed by atoms with Crippen LogP contribution in [0.25, 0.3) is 10.8 Å². The third-order valence-electron chi connectivity index (χ3n) is 7.93. The van der Waals surface area contributed by atoms with Crippen LogP contribution in [-0.2, 0) is 12.0 Å². The van der Waals surface area contributed by atoms with Crippen molar-refractivity contribution in [3.8, 4) is 0 Å². The van der Waals surface area contributed by atoms with Gasteiger partial charge in [0.2, 0.25) is 11.4 Å². The number of hydrogen-bond donors (Lipinski definition) is 1. The van der Waals surface area contributed by atoms with Gasteiger partial charge in [0, 0.05) is 23.6 Å². The maximum Gasteiger partial charge on any atom is 0.238 e. The second-order valence-electron chi connectivity index (χ2n) is 10.3. The van der Waals surface area contributed by atoms with Gasteiger partial charge in [-0.3, -0.25) is 0 Å². The number of benzene rings is 5. The van der Waals surface area contributed by atoms with Gasteiger partial charge in [0.05, 0.1) is 0 Å². The second kappa shape index (κ2) is 10.5. The van der Waals surface area contributed by atoms with Crippen LogP contribution in [0, 0.1) is 0 Å². The molecule has 0 radical (unpaired) electrons. The Balaban J connectivity index is 1.39. The zero-order chi connectivity index (χ0) is 26.7. The first-order chi connectivity index (χ1) is 19.1. The molecule has 3 heteroatoms. The van der Waals surface area contributed by atoms with Crippen LogP contribution < -0.4 is 0 Å². The summed E-state index contributed by atoms with van der Waals surface area (Å²) in [6, 6.07) is 46.1. The highest BCUT2D eigenvalue weighted by atomic mass is 16.6. The molecular weight excluding hydrogens is 476 g/mol. The summed E-state index contributed by atoms with van der Waals surface area (Å²) in [7, 11) is 0. The quantitative estimate of drug-likeness (QED) is 0.165. The lowest BCUT2D eigenvalue weighted by atomic mass is 9.75. The topological polar surface area (TPSA) is 32.6 Å². The van der Waals surface area contributed by atoms with Crippen LogP contribution in [0.15, 0.2) is 150 Å². The Labute approximate surface area is 230 Å². The average Bonchev–Trinajstić information content (AvgIpc) is 3.28. The number of allylic oxidation sites excluding steroid dienone is 1. The van der Waals surface area contributed by atoms with E-state index in [-0.39, 0.29) is 0 Å². The Bertz CT molecular complexity index is 1540. The van der Waals surface area contributed by atoms with E-state index in [2.05, 4.69) is 78.9 Å². The molecule has 1 unspecified atom stereocenters. The zero-order valence-electron chi connectivity index (χ0n) is 22.2. The molecule has 5 aromatic carbocycles. The van der Waals surface area contributed by atoms with Crippen LogP contribution in [0.1, 0.15) is 42.0 Å². The van der Waals surface area contributed by atoms with Crippen LogP contribution in [-0.4, -0.2) is 15.7 Å². The lowest BCUT2D eigenvalue weighted by Crippen LogP contribution is -2.59. The molecule has 0 spiro atoms. The molecule has 0 saturated heterocycles. The van der Waals surface area contributed by atoms with Crippen molar-refractivity contribution in [2.45, 2.75) is 31.7 Å². The van der Waals surface area contributed by atoms with E-state index in [0.717, 1.165) is 41.6 Å². The molecule has 1 aliphatic heterocycles. The van der Waals surface area contributed by atoms with Crippen molar-refractivity contribution in [1.29, 1.82) is 0 Å². The van der Waals surface area contributed by atoms with E-state index in [9.17, 15) is 5.21 Å². The molecule has 6 rings (SSSR count). The second-order valence-corrected chi connectivity index (χ2v) is 10.3. The summed E-state index contributed by atoms with van der Waals surface area (Å²) in [5.41, 5.74) is 4.35. The van der Waals surface area contributed by atoms with Gasteiger partial charge in [-0.05, 0) is 35.6 Å². The largest absolute Gasteiger partial charge is 0.238 e. The van der Waals surface area contributed by atoms with Crippen LogP contribution in [0.4, 0.5) is 0 Å². The number of fused-ring (bicyclic) bond motifs is 1. The normalized spacial score (nSPS) is 17.2. The fourth-order valence-electron chi connectivity index (χ4n) is 6.08. The van der Waals surface area contributed by atoms with E-state index in [1.54, 1.807) is 0 Å². The highest BCUT2D eigenvalue weighted by molar-refractivity contribution is 5.83. The highest BCUT2D eigenvalue weighted by Crippen LogP contribution is 2.49. The molecule has 5 aromatic rings. The van der Waals surface area contributed by atoms with Gasteiger partial charge in [0.1, 0.15) is 5.70 Å². The molecule has 0 aromatic heterocycles. The minimum atomic E-state index is -0.919. The summed E-state index contributed by atoms with van der Waals surface area (Å²) in [5.74, 6) is 0.660. The van der Waals surface area contributed by atoms with Crippen molar-refractivity contribution >= 4 is 16.6 Å². The number of hydroxylamine groups is 3. The first-order valence-corrected chi connectivity index (χ1v) is 13.6. The van der Waals surface area contributed by atoms with Gasteiger partial charge in [-0.15, -0.1) is 0 Å². The number of nitrogens with zero attached hydrogens (tertiary/aromatic N) is 2. The Hall–Kier alpha value is -4.31. The molecular formula is C36H33N2O+. The van der Waals surface area contributed by atoms with Crippen molar-refractivity contribution in [2.24, 2.45) is 4.99 Å². The van der Waals surface area contributed by atoms with Gasteiger partial charge >= 0.3 is 0 Å². The SMILES string of the molecule is CC1=NC(CCCc2ccc3ccccc3c2)=C[N+]1(O)C(c1ccccc1)(c1ccccc1)c1ccccc1.